The van der Waals surface area contributed by atoms with Crippen LogP contribution in [-0.2, 0) is 9.53 Å². The van der Waals surface area contributed by atoms with Gasteiger partial charge in [0, 0.05) is 11.6 Å². The largest absolute Gasteiger partial charge is 0.463 e. The quantitative estimate of drug-likeness (QED) is 0.619. The maximum absolute atomic E-state index is 13.6. The number of rotatable bonds is 6. The third-order valence-electron chi connectivity index (χ3n) is 2.85. The summed E-state index contributed by atoms with van der Waals surface area (Å²) in [5.74, 6) is -2.64. The lowest BCUT2D eigenvalue weighted by Gasteiger charge is -2.36. The van der Waals surface area contributed by atoms with Gasteiger partial charge in [0.25, 0.3) is 11.6 Å². The molecule has 0 radical (unpaired) electrons. The maximum atomic E-state index is 13.6. The molecular weight excluding hydrogens is 313 g/mol. The van der Waals surface area contributed by atoms with Crippen LogP contribution in [0.2, 0.25) is 0 Å². The van der Waals surface area contributed by atoms with Crippen molar-refractivity contribution in [3.63, 3.8) is 0 Å². The van der Waals surface area contributed by atoms with Crippen molar-refractivity contribution in [1.29, 1.82) is 0 Å². The molecule has 1 rings (SSSR count). The number of ether oxygens (including phenoxy) is 1. The Morgan fingerprint density at radius 2 is 1.74 bits per heavy atom. The standard InChI is InChI=1S/C15H19F3N2O3/c1-4-23-13(22)14(15(16,17)18,19-10(2)3)20-12(21)11-8-6-5-7-9-11/h5-10,19H,4H2,1-3H3,(H,20,21)/t14-/m0/s1. The molecule has 5 nitrogen and oxygen atoms in total. The number of nitrogens with one attached hydrogen (secondary N) is 2. The molecule has 0 saturated carbocycles. The van der Waals surface area contributed by atoms with Crippen LogP contribution in [-0.4, -0.2) is 36.4 Å². The summed E-state index contributed by atoms with van der Waals surface area (Å²) in [5, 5.41) is 3.84. The summed E-state index contributed by atoms with van der Waals surface area (Å²) in [5.41, 5.74) is -3.32. The molecule has 0 aliphatic rings. The van der Waals surface area contributed by atoms with Crippen molar-refractivity contribution in [1.82, 2.24) is 10.6 Å². The minimum Gasteiger partial charge on any atom is -0.463 e. The molecule has 1 atom stereocenters. The normalized spacial score (nSPS) is 14.2. The van der Waals surface area contributed by atoms with E-state index in [1.165, 1.54) is 45.0 Å². The highest BCUT2D eigenvalue weighted by atomic mass is 19.4. The fraction of sp³-hybridized carbons (Fsp3) is 0.467. The maximum Gasteiger partial charge on any atom is 0.436 e. The molecule has 0 aliphatic carbocycles. The SMILES string of the molecule is CCOC(=O)[C@@](NC(=O)c1ccccc1)(NC(C)C)C(F)(F)F. The van der Waals surface area contributed by atoms with Crippen LogP contribution in [0.15, 0.2) is 30.3 Å². The average molecular weight is 332 g/mol. The summed E-state index contributed by atoms with van der Waals surface area (Å²) in [6, 6.07) is 6.58. The van der Waals surface area contributed by atoms with E-state index in [4.69, 9.17) is 0 Å². The number of amides is 1. The fourth-order valence-electron chi connectivity index (χ4n) is 1.92. The first-order chi connectivity index (χ1) is 10.6. The molecule has 0 heterocycles. The van der Waals surface area contributed by atoms with E-state index in [0.717, 1.165) is 0 Å². The number of hydrogen-bond acceptors (Lipinski definition) is 4. The number of benzene rings is 1. The van der Waals surface area contributed by atoms with Crippen molar-refractivity contribution in [2.75, 3.05) is 6.61 Å². The van der Waals surface area contributed by atoms with E-state index >= 15 is 0 Å². The molecule has 1 aromatic rings. The van der Waals surface area contributed by atoms with Gasteiger partial charge in [-0.25, -0.2) is 4.79 Å². The van der Waals surface area contributed by atoms with Gasteiger partial charge in [-0.1, -0.05) is 18.2 Å². The average Bonchev–Trinajstić information content (AvgIpc) is 2.45. The summed E-state index contributed by atoms with van der Waals surface area (Å²) >= 11 is 0. The molecule has 128 valence electrons. The summed E-state index contributed by atoms with van der Waals surface area (Å²) in [6.45, 7) is 3.98. The van der Waals surface area contributed by atoms with Crippen LogP contribution in [0.25, 0.3) is 0 Å². The topological polar surface area (TPSA) is 67.4 Å². The van der Waals surface area contributed by atoms with E-state index in [1.54, 1.807) is 11.4 Å². The van der Waals surface area contributed by atoms with E-state index < -0.39 is 29.8 Å². The van der Waals surface area contributed by atoms with Crippen LogP contribution < -0.4 is 10.6 Å². The van der Waals surface area contributed by atoms with E-state index in [2.05, 4.69) is 10.1 Å². The van der Waals surface area contributed by atoms with Crippen LogP contribution in [0.1, 0.15) is 31.1 Å². The number of carbonyl (C=O) groups excluding carboxylic acids is 2. The molecule has 1 amide bonds. The minimum absolute atomic E-state index is 0.00372. The number of hydrogen-bond donors (Lipinski definition) is 2. The van der Waals surface area contributed by atoms with Gasteiger partial charge in [-0.2, -0.15) is 13.2 Å². The summed E-state index contributed by atoms with van der Waals surface area (Å²) in [6.07, 6.45) is -5.09. The van der Waals surface area contributed by atoms with Crippen molar-refractivity contribution in [2.24, 2.45) is 0 Å². The van der Waals surface area contributed by atoms with Gasteiger partial charge in [-0.05, 0) is 32.9 Å². The predicted molar refractivity (Wildman–Crippen MR) is 77.6 cm³/mol. The molecule has 0 aliphatic heterocycles. The smallest absolute Gasteiger partial charge is 0.436 e. The Morgan fingerprint density at radius 1 is 1.17 bits per heavy atom. The molecule has 2 N–H and O–H groups in total. The van der Waals surface area contributed by atoms with Gasteiger partial charge in [-0.3, -0.25) is 10.1 Å². The number of alkyl halides is 3. The second-order valence-corrected chi connectivity index (χ2v) is 5.09. The third-order valence-corrected chi connectivity index (χ3v) is 2.85. The lowest BCUT2D eigenvalue weighted by atomic mass is 10.1. The number of halogens is 3. The Hall–Kier alpha value is -2.09. The molecule has 0 fully saturated rings. The van der Waals surface area contributed by atoms with Crippen molar-refractivity contribution < 1.29 is 27.5 Å². The first kappa shape index (κ1) is 19.0. The van der Waals surface area contributed by atoms with E-state index in [9.17, 15) is 22.8 Å². The van der Waals surface area contributed by atoms with Crippen molar-refractivity contribution in [3.8, 4) is 0 Å². The van der Waals surface area contributed by atoms with Gasteiger partial charge in [0.1, 0.15) is 0 Å². The molecule has 23 heavy (non-hydrogen) atoms. The van der Waals surface area contributed by atoms with Gasteiger partial charge in [0.2, 0.25) is 0 Å². The van der Waals surface area contributed by atoms with E-state index in [-0.39, 0.29) is 12.2 Å². The van der Waals surface area contributed by atoms with Crippen LogP contribution in [0.4, 0.5) is 13.2 Å². The van der Waals surface area contributed by atoms with Crippen molar-refractivity contribution in [2.45, 2.75) is 38.7 Å². The van der Waals surface area contributed by atoms with E-state index in [1.807, 2.05) is 0 Å². The van der Waals surface area contributed by atoms with Crippen molar-refractivity contribution in [3.05, 3.63) is 35.9 Å². The zero-order valence-corrected chi connectivity index (χ0v) is 13.0. The molecule has 0 spiro atoms. The molecule has 8 heteroatoms. The zero-order chi connectivity index (χ0) is 17.7. The number of esters is 1. The molecule has 0 unspecified atom stereocenters. The Labute approximate surface area is 132 Å². The highest BCUT2D eigenvalue weighted by Gasteiger charge is 2.63. The Morgan fingerprint density at radius 3 is 2.17 bits per heavy atom. The van der Waals surface area contributed by atoms with Crippen LogP contribution in [0, 0.1) is 0 Å². The first-order valence-corrected chi connectivity index (χ1v) is 7.03. The highest BCUT2D eigenvalue weighted by Crippen LogP contribution is 2.30. The molecule has 0 saturated heterocycles. The van der Waals surface area contributed by atoms with Gasteiger partial charge in [-0.15, -0.1) is 0 Å². The highest BCUT2D eigenvalue weighted by molar-refractivity contribution is 5.98. The summed E-state index contributed by atoms with van der Waals surface area (Å²) in [4.78, 5) is 24.1. The second-order valence-electron chi connectivity index (χ2n) is 5.09. The van der Waals surface area contributed by atoms with Crippen LogP contribution >= 0.6 is 0 Å². The number of carbonyl (C=O) groups is 2. The second kappa shape index (κ2) is 7.45. The molecule has 0 aromatic heterocycles. The van der Waals surface area contributed by atoms with Crippen molar-refractivity contribution >= 4 is 11.9 Å². The fourth-order valence-corrected chi connectivity index (χ4v) is 1.92. The summed E-state index contributed by atoms with van der Waals surface area (Å²) < 4.78 is 45.4. The predicted octanol–water partition coefficient (Wildman–Crippen LogP) is 2.24. The molecule has 0 bridgehead atoms. The van der Waals surface area contributed by atoms with Gasteiger partial charge < -0.3 is 10.1 Å². The van der Waals surface area contributed by atoms with Crippen LogP contribution in [0.5, 0.6) is 0 Å². The Bertz CT molecular complexity index is 547. The third kappa shape index (κ3) is 4.44. The van der Waals surface area contributed by atoms with Gasteiger partial charge in [0.15, 0.2) is 0 Å². The van der Waals surface area contributed by atoms with Crippen LogP contribution in [0.3, 0.4) is 0 Å². The van der Waals surface area contributed by atoms with E-state index in [0.29, 0.717) is 0 Å². The summed E-state index contributed by atoms with van der Waals surface area (Å²) in [7, 11) is 0. The van der Waals surface area contributed by atoms with Gasteiger partial charge >= 0.3 is 12.1 Å². The van der Waals surface area contributed by atoms with Gasteiger partial charge in [0.05, 0.1) is 6.61 Å². The minimum atomic E-state index is -5.09. The molecular formula is C15H19F3N2O3. The lowest BCUT2D eigenvalue weighted by molar-refractivity contribution is -0.220. The Balaban J connectivity index is 3.26. The Kier molecular flexibility index (Phi) is 6.14. The molecule has 1 aromatic carbocycles. The zero-order valence-electron chi connectivity index (χ0n) is 13.0. The monoisotopic (exact) mass is 332 g/mol. The lowest BCUT2D eigenvalue weighted by Crippen LogP contribution is -2.73. The first-order valence-electron chi connectivity index (χ1n) is 7.03.